The molecule has 0 heterocycles. The summed E-state index contributed by atoms with van der Waals surface area (Å²) in [5.74, 6) is -15.2. The molecule has 0 aromatic heterocycles. The summed E-state index contributed by atoms with van der Waals surface area (Å²) >= 11 is 0. The van der Waals surface area contributed by atoms with Gasteiger partial charge in [-0.1, -0.05) is 56.5 Å². The van der Waals surface area contributed by atoms with Crippen LogP contribution in [0.3, 0.4) is 0 Å². The third-order valence-corrected chi connectivity index (χ3v) is 3.87. The van der Waals surface area contributed by atoms with E-state index in [4.69, 9.17) is 15.3 Å². The molecule has 0 saturated carbocycles. The Labute approximate surface area is 136 Å². The first kappa shape index (κ1) is 20.8. The molecule has 1 aromatic carbocycles. The zero-order chi connectivity index (χ0) is 18.6. The highest BCUT2D eigenvalue weighted by Gasteiger charge is 2.77. The lowest BCUT2D eigenvalue weighted by Gasteiger charge is -2.42. The Morgan fingerprint density at radius 3 is 1.83 bits per heavy atom. The molecule has 0 aliphatic heterocycles. The molecule has 1 atom stereocenters. The van der Waals surface area contributed by atoms with Crippen molar-refractivity contribution in [3.8, 4) is 0 Å². The van der Waals surface area contributed by atoms with Gasteiger partial charge in [-0.15, -0.1) is 0 Å². The lowest BCUT2D eigenvalue weighted by Crippen LogP contribution is -2.65. The van der Waals surface area contributed by atoms with Gasteiger partial charge in [0.05, 0.1) is 0 Å². The van der Waals surface area contributed by atoms with E-state index in [-0.39, 0.29) is 12.8 Å². The summed E-state index contributed by atoms with van der Waals surface area (Å²) in [6, 6.07) is 4.71. The summed E-state index contributed by atoms with van der Waals surface area (Å²) in [6.07, 6.45) is -0.169. The van der Waals surface area contributed by atoms with E-state index in [0.29, 0.717) is 25.0 Å². The summed E-state index contributed by atoms with van der Waals surface area (Å²) in [5.41, 5.74) is -5.98. The van der Waals surface area contributed by atoms with Crippen molar-refractivity contribution >= 4 is 0 Å². The molecule has 138 valence electrons. The first-order chi connectivity index (χ1) is 10.9. The minimum atomic E-state index is -5.56. The maximum atomic E-state index is 14.9. The fourth-order valence-corrected chi connectivity index (χ4v) is 2.44. The summed E-state index contributed by atoms with van der Waals surface area (Å²) in [6.45, 7) is 1.80. The van der Waals surface area contributed by atoms with Crippen molar-refractivity contribution in [2.45, 2.75) is 62.5 Å². The molecule has 0 aliphatic carbocycles. The molecule has 3 N–H and O–H groups in total. The Morgan fingerprint density at radius 1 is 0.833 bits per heavy atom. The van der Waals surface area contributed by atoms with Crippen molar-refractivity contribution in [2.24, 2.45) is 0 Å². The van der Waals surface area contributed by atoms with Gasteiger partial charge in [-0.05, 0) is 6.42 Å². The van der Waals surface area contributed by atoms with Crippen LogP contribution in [0.25, 0.3) is 0 Å². The molecule has 0 spiro atoms. The van der Waals surface area contributed by atoms with Gasteiger partial charge < -0.3 is 15.3 Å². The highest BCUT2D eigenvalue weighted by molar-refractivity contribution is 5.29. The van der Waals surface area contributed by atoms with E-state index in [1.165, 1.54) is 6.07 Å². The Morgan fingerprint density at radius 2 is 1.38 bits per heavy atom. The molecule has 24 heavy (non-hydrogen) atoms. The lowest BCUT2D eigenvalue weighted by atomic mass is 9.82. The van der Waals surface area contributed by atoms with Crippen LogP contribution >= 0.6 is 0 Å². The molecule has 0 bridgehead atoms. The number of rotatable bonds is 9. The first-order valence-corrected chi connectivity index (χ1v) is 7.59. The molecule has 3 nitrogen and oxygen atoms in total. The highest BCUT2D eigenvalue weighted by atomic mass is 19.3. The molecule has 0 fully saturated rings. The summed E-state index contributed by atoms with van der Waals surface area (Å²) in [7, 11) is 0. The molecule has 1 aromatic rings. The van der Waals surface area contributed by atoms with Gasteiger partial charge in [0.25, 0.3) is 5.67 Å². The normalized spacial score (nSPS) is 16.0. The van der Waals surface area contributed by atoms with E-state index in [1.807, 2.05) is 0 Å². The summed E-state index contributed by atoms with van der Waals surface area (Å²) in [5, 5.41) is 27.4. The Kier molecular flexibility index (Phi) is 6.35. The zero-order valence-corrected chi connectivity index (χ0v) is 13.2. The SMILES string of the molecule is CCCCCCC(F)(F)C(F)(F)C(F)(c1ccccc1)C(O)(O)O. The van der Waals surface area contributed by atoms with Crippen LogP contribution in [0.2, 0.25) is 0 Å². The Hall–Kier alpha value is -1.25. The van der Waals surface area contributed by atoms with Crippen molar-refractivity contribution in [1.29, 1.82) is 0 Å². The van der Waals surface area contributed by atoms with Gasteiger partial charge in [0.1, 0.15) is 0 Å². The third-order valence-electron chi connectivity index (χ3n) is 3.87. The average molecular weight is 356 g/mol. The quantitative estimate of drug-likeness (QED) is 0.359. The number of alkyl halides is 5. The van der Waals surface area contributed by atoms with Gasteiger partial charge in [-0.25, -0.2) is 4.39 Å². The molecular formula is C16H21F5O3. The molecule has 8 heteroatoms. The smallest absolute Gasteiger partial charge is 0.341 e. The van der Waals surface area contributed by atoms with Crippen molar-refractivity contribution in [1.82, 2.24) is 0 Å². The maximum Gasteiger partial charge on any atom is 0.355 e. The van der Waals surface area contributed by atoms with Gasteiger partial charge in [0.2, 0.25) is 0 Å². The monoisotopic (exact) mass is 356 g/mol. The fraction of sp³-hybridized carbons (Fsp3) is 0.625. The Balaban J connectivity index is 3.26. The minimum Gasteiger partial charge on any atom is -0.341 e. The highest BCUT2D eigenvalue weighted by Crippen LogP contribution is 2.55. The van der Waals surface area contributed by atoms with Crippen LogP contribution in [-0.2, 0) is 5.67 Å². The van der Waals surface area contributed by atoms with Crippen LogP contribution in [0.4, 0.5) is 22.0 Å². The summed E-state index contributed by atoms with van der Waals surface area (Å²) < 4.78 is 71.6. The molecule has 0 amide bonds. The predicted molar refractivity (Wildman–Crippen MR) is 77.3 cm³/mol. The Bertz CT molecular complexity index is 516. The van der Waals surface area contributed by atoms with Gasteiger partial charge in [-0.3, -0.25) is 0 Å². The second-order valence-electron chi connectivity index (χ2n) is 5.75. The first-order valence-electron chi connectivity index (χ1n) is 7.59. The van der Waals surface area contributed by atoms with E-state index in [9.17, 15) is 22.0 Å². The fourth-order valence-electron chi connectivity index (χ4n) is 2.44. The van der Waals surface area contributed by atoms with E-state index >= 15 is 0 Å². The molecule has 1 rings (SSSR count). The van der Waals surface area contributed by atoms with E-state index in [2.05, 4.69) is 0 Å². The van der Waals surface area contributed by atoms with Gasteiger partial charge in [0, 0.05) is 12.0 Å². The van der Waals surface area contributed by atoms with Crippen molar-refractivity contribution in [3.63, 3.8) is 0 Å². The molecule has 0 aliphatic rings. The van der Waals surface area contributed by atoms with Crippen LogP contribution in [-0.4, -0.2) is 33.1 Å². The third kappa shape index (κ3) is 3.70. The topological polar surface area (TPSA) is 60.7 Å². The van der Waals surface area contributed by atoms with Gasteiger partial charge in [0.15, 0.2) is 0 Å². The number of aliphatic hydroxyl groups is 3. The second kappa shape index (κ2) is 7.33. The van der Waals surface area contributed by atoms with Crippen molar-refractivity contribution < 1.29 is 37.3 Å². The van der Waals surface area contributed by atoms with Gasteiger partial charge in [-0.2, -0.15) is 17.6 Å². The lowest BCUT2D eigenvalue weighted by molar-refractivity contribution is -0.437. The molecule has 1 unspecified atom stereocenters. The van der Waals surface area contributed by atoms with Crippen LogP contribution in [0, 0.1) is 0 Å². The molecule has 0 radical (unpaired) electrons. The van der Waals surface area contributed by atoms with Crippen molar-refractivity contribution in [2.75, 3.05) is 0 Å². The molecular weight excluding hydrogens is 335 g/mol. The zero-order valence-electron chi connectivity index (χ0n) is 13.2. The standard InChI is InChI=1S/C16H21F5O3/c1-2-3-4-8-11-13(17,18)15(20,21)14(19,16(22,23)24)12-9-6-5-7-10-12/h5-7,9-10,22-24H,2-4,8,11H2,1H3. The van der Waals surface area contributed by atoms with Crippen LogP contribution in [0.5, 0.6) is 0 Å². The van der Waals surface area contributed by atoms with Crippen LogP contribution in [0.1, 0.15) is 44.6 Å². The van der Waals surface area contributed by atoms with Crippen molar-refractivity contribution in [3.05, 3.63) is 35.9 Å². The van der Waals surface area contributed by atoms with Crippen LogP contribution < -0.4 is 0 Å². The molecule has 0 saturated heterocycles. The number of hydrogen-bond donors (Lipinski definition) is 3. The van der Waals surface area contributed by atoms with E-state index in [1.54, 1.807) is 6.92 Å². The minimum absolute atomic E-state index is 0.245. The largest absolute Gasteiger partial charge is 0.355 e. The van der Waals surface area contributed by atoms with E-state index in [0.717, 1.165) is 12.1 Å². The average Bonchev–Trinajstić information content (AvgIpc) is 2.50. The maximum absolute atomic E-state index is 14.9. The summed E-state index contributed by atoms with van der Waals surface area (Å²) in [4.78, 5) is 0. The number of hydrogen-bond acceptors (Lipinski definition) is 3. The number of benzene rings is 1. The predicted octanol–water partition coefficient (Wildman–Crippen LogP) is 3.72. The number of halogens is 5. The van der Waals surface area contributed by atoms with E-state index < -0.39 is 35.5 Å². The second-order valence-corrected chi connectivity index (χ2v) is 5.75. The van der Waals surface area contributed by atoms with Crippen LogP contribution in [0.15, 0.2) is 30.3 Å². The number of unbranched alkanes of at least 4 members (excludes halogenated alkanes) is 3. The van der Waals surface area contributed by atoms with Gasteiger partial charge >= 0.3 is 17.8 Å².